The molecule has 7 heteroatoms. The highest BCUT2D eigenvalue weighted by Gasteiger charge is 2.11. The predicted octanol–water partition coefficient (Wildman–Crippen LogP) is 2.56. The molecule has 2 N–H and O–H groups in total. The fourth-order valence-corrected chi connectivity index (χ4v) is 2.25. The zero-order valence-electron chi connectivity index (χ0n) is 15.4. The highest BCUT2D eigenvalue weighted by Crippen LogP contribution is 2.14. The first-order valence-corrected chi connectivity index (χ1v) is 8.50. The van der Waals surface area contributed by atoms with Crippen LogP contribution in [0.2, 0.25) is 0 Å². The molecule has 0 aromatic heterocycles. The number of nitrogens with one attached hydrogen (secondary N) is 2. The Hall–Kier alpha value is -2.90. The highest BCUT2D eigenvalue weighted by atomic mass is 16.6. The van der Waals surface area contributed by atoms with Gasteiger partial charge in [-0.3, -0.25) is 9.59 Å². The second-order valence-electron chi connectivity index (χ2n) is 5.75. The third-order valence-electron chi connectivity index (χ3n) is 3.73. The minimum atomic E-state index is -0.394. The molecule has 7 nitrogen and oxygen atoms in total. The van der Waals surface area contributed by atoms with E-state index in [2.05, 4.69) is 10.6 Å². The second-order valence-corrected chi connectivity index (χ2v) is 5.75. The quantitative estimate of drug-likeness (QED) is 0.624. The van der Waals surface area contributed by atoms with E-state index < -0.39 is 5.97 Å². The molecular formula is C20H24N2O5. The van der Waals surface area contributed by atoms with Crippen LogP contribution in [0.15, 0.2) is 54.6 Å². The first kappa shape index (κ1) is 20.4. The maximum atomic E-state index is 12.1. The van der Waals surface area contributed by atoms with Crippen LogP contribution in [0.25, 0.3) is 0 Å². The van der Waals surface area contributed by atoms with Gasteiger partial charge >= 0.3 is 5.97 Å². The number of anilines is 2. The molecule has 2 rings (SSSR count). The standard InChI is InChI=1S/C20H24N2O5/c1-25-13-18(26-2)14-27-19(23)12-21-16-8-10-17(11-9-16)22-20(24)15-6-4-3-5-7-15/h3-11,18,21H,12-14H2,1-2H3,(H,22,24)/t18-/m0/s1. The van der Waals surface area contributed by atoms with Gasteiger partial charge < -0.3 is 24.8 Å². The molecule has 0 saturated heterocycles. The zero-order chi connectivity index (χ0) is 19.5. The van der Waals surface area contributed by atoms with E-state index in [9.17, 15) is 9.59 Å². The van der Waals surface area contributed by atoms with E-state index in [0.717, 1.165) is 5.69 Å². The van der Waals surface area contributed by atoms with Crippen LogP contribution in [0.5, 0.6) is 0 Å². The lowest BCUT2D eigenvalue weighted by atomic mass is 10.2. The Morgan fingerprint density at radius 2 is 1.59 bits per heavy atom. The average molecular weight is 372 g/mol. The van der Waals surface area contributed by atoms with Gasteiger partial charge in [-0.15, -0.1) is 0 Å². The largest absolute Gasteiger partial charge is 0.462 e. The normalized spacial score (nSPS) is 11.5. The number of methoxy groups -OCH3 is 2. The van der Waals surface area contributed by atoms with Crippen molar-refractivity contribution >= 4 is 23.3 Å². The van der Waals surface area contributed by atoms with Crippen LogP contribution in [-0.4, -0.2) is 52.0 Å². The lowest BCUT2D eigenvalue weighted by Gasteiger charge is -2.14. The number of hydrogen-bond acceptors (Lipinski definition) is 6. The molecule has 0 fully saturated rings. The maximum absolute atomic E-state index is 12.1. The third-order valence-corrected chi connectivity index (χ3v) is 3.73. The van der Waals surface area contributed by atoms with E-state index in [1.54, 1.807) is 43.5 Å². The smallest absolute Gasteiger partial charge is 0.325 e. The SMILES string of the molecule is COC[C@@H](COC(=O)CNc1ccc(NC(=O)c2ccccc2)cc1)OC. The van der Waals surface area contributed by atoms with Gasteiger partial charge in [0.1, 0.15) is 19.3 Å². The summed E-state index contributed by atoms with van der Waals surface area (Å²) in [4.78, 5) is 23.9. The van der Waals surface area contributed by atoms with Crippen molar-refractivity contribution in [2.75, 3.05) is 44.6 Å². The van der Waals surface area contributed by atoms with E-state index >= 15 is 0 Å². The van der Waals surface area contributed by atoms with Gasteiger partial charge in [-0.2, -0.15) is 0 Å². The molecular weight excluding hydrogens is 348 g/mol. The molecule has 2 aromatic carbocycles. The third kappa shape index (κ3) is 7.08. The summed E-state index contributed by atoms with van der Waals surface area (Å²) in [5.41, 5.74) is 2.00. The molecule has 0 heterocycles. The Kier molecular flexibility index (Phi) is 8.28. The van der Waals surface area contributed by atoms with Gasteiger partial charge in [-0.1, -0.05) is 18.2 Å². The predicted molar refractivity (Wildman–Crippen MR) is 103 cm³/mol. The molecule has 0 unspecified atom stereocenters. The Morgan fingerprint density at radius 1 is 0.926 bits per heavy atom. The van der Waals surface area contributed by atoms with Crippen LogP contribution in [0, 0.1) is 0 Å². The Balaban J connectivity index is 1.76. The summed E-state index contributed by atoms with van der Waals surface area (Å²) in [6.45, 7) is 0.516. The number of hydrogen-bond donors (Lipinski definition) is 2. The van der Waals surface area contributed by atoms with E-state index in [1.165, 1.54) is 7.11 Å². The number of amides is 1. The average Bonchev–Trinajstić information content (AvgIpc) is 2.71. The van der Waals surface area contributed by atoms with Crippen molar-refractivity contribution in [2.24, 2.45) is 0 Å². The van der Waals surface area contributed by atoms with Gasteiger partial charge in [0.2, 0.25) is 0 Å². The number of carbonyl (C=O) groups is 2. The summed E-state index contributed by atoms with van der Waals surface area (Å²) in [6.07, 6.45) is -0.286. The van der Waals surface area contributed by atoms with Gasteiger partial charge in [0.15, 0.2) is 0 Å². The van der Waals surface area contributed by atoms with Crippen molar-refractivity contribution in [2.45, 2.75) is 6.10 Å². The van der Waals surface area contributed by atoms with Crippen molar-refractivity contribution < 1.29 is 23.8 Å². The molecule has 0 saturated carbocycles. The van der Waals surface area contributed by atoms with Crippen LogP contribution in [0.1, 0.15) is 10.4 Å². The first-order chi connectivity index (χ1) is 13.1. The van der Waals surface area contributed by atoms with Crippen molar-refractivity contribution in [3.8, 4) is 0 Å². The van der Waals surface area contributed by atoms with E-state index in [1.807, 2.05) is 18.2 Å². The summed E-state index contributed by atoms with van der Waals surface area (Å²) in [7, 11) is 3.09. The molecule has 1 amide bonds. The van der Waals surface area contributed by atoms with Crippen molar-refractivity contribution in [3.63, 3.8) is 0 Å². The van der Waals surface area contributed by atoms with Crippen LogP contribution in [0.3, 0.4) is 0 Å². The molecule has 1 atom stereocenters. The summed E-state index contributed by atoms with van der Waals surface area (Å²) in [5, 5.41) is 5.79. The highest BCUT2D eigenvalue weighted by molar-refractivity contribution is 6.04. The topological polar surface area (TPSA) is 85.9 Å². The zero-order valence-corrected chi connectivity index (χ0v) is 15.4. The number of ether oxygens (including phenoxy) is 3. The first-order valence-electron chi connectivity index (χ1n) is 8.50. The molecule has 0 aliphatic rings. The summed E-state index contributed by atoms with van der Waals surface area (Å²) in [5.74, 6) is -0.571. The number of rotatable bonds is 10. The Morgan fingerprint density at radius 3 is 2.22 bits per heavy atom. The summed E-state index contributed by atoms with van der Waals surface area (Å²) < 4.78 is 15.2. The monoisotopic (exact) mass is 372 g/mol. The lowest BCUT2D eigenvalue weighted by molar-refractivity contribution is -0.146. The molecule has 0 bridgehead atoms. The van der Waals surface area contributed by atoms with Crippen molar-refractivity contribution in [1.82, 2.24) is 0 Å². The van der Waals surface area contributed by atoms with Crippen molar-refractivity contribution in [1.29, 1.82) is 0 Å². The van der Waals surface area contributed by atoms with Gasteiger partial charge in [0.05, 0.1) is 6.61 Å². The van der Waals surface area contributed by atoms with Gasteiger partial charge in [0.25, 0.3) is 5.91 Å². The minimum Gasteiger partial charge on any atom is -0.462 e. The van der Waals surface area contributed by atoms with E-state index in [-0.39, 0.29) is 25.2 Å². The van der Waals surface area contributed by atoms with Gasteiger partial charge in [-0.05, 0) is 36.4 Å². The number of benzene rings is 2. The Labute approximate surface area is 158 Å². The summed E-state index contributed by atoms with van der Waals surface area (Å²) in [6, 6.07) is 16.0. The molecule has 0 aliphatic carbocycles. The van der Waals surface area contributed by atoms with Gasteiger partial charge in [-0.25, -0.2) is 0 Å². The van der Waals surface area contributed by atoms with E-state index in [0.29, 0.717) is 17.9 Å². The Bertz CT molecular complexity index is 719. The second kappa shape index (κ2) is 10.9. The van der Waals surface area contributed by atoms with Crippen LogP contribution in [0.4, 0.5) is 11.4 Å². The molecule has 0 aliphatic heterocycles. The molecule has 144 valence electrons. The van der Waals surface area contributed by atoms with Crippen LogP contribution >= 0.6 is 0 Å². The maximum Gasteiger partial charge on any atom is 0.325 e. The van der Waals surface area contributed by atoms with Gasteiger partial charge in [0, 0.05) is 31.2 Å². The molecule has 0 radical (unpaired) electrons. The number of carbonyl (C=O) groups excluding carboxylic acids is 2. The van der Waals surface area contributed by atoms with Crippen molar-refractivity contribution in [3.05, 3.63) is 60.2 Å². The molecule has 0 spiro atoms. The fraction of sp³-hybridized carbons (Fsp3) is 0.300. The number of esters is 1. The molecule has 2 aromatic rings. The minimum absolute atomic E-state index is 0.0269. The summed E-state index contributed by atoms with van der Waals surface area (Å²) >= 11 is 0. The van der Waals surface area contributed by atoms with Crippen LogP contribution in [-0.2, 0) is 19.0 Å². The van der Waals surface area contributed by atoms with Crippen LogP contribution < -0.4 is 10.6 Å². The fourth-order valence-electron chi connectivity index (χ4n) is 2.25. The molecule has 27 heavy (non-hydrogen) atoms. The lowest BCUT2D eigenvalue weighted by Crippen LogP contribution is -2.27. The van der Waals surface area contributed by atoms with E-state index in [4.69, 9.17) is 14.2 Å².